The van der Waals surface area contributed by atoms with Gasteiger partial charge < -0.3 is 9.84 Å². The highest BCUT2D eigenvalue weighted by molar-refractivity contribution is 5.91. The van der Waals surface area contributed by atoms with Gasteiger partial charge in [-0.25, -0.2) is 4.79 Å². The number of aliphatic hydroxyl groups is 1. The first-order valence-corrected chi connectivity index (χ1v) is 4.26. The summed E-state index contributed by atoms with van der Waals surface area (Å²) in [6.07, 6.45) is 3.15. The Kier molecular flexibility index (Phi) is 3.43. The van der Waals surface area contributed by atoms with Crippen molar-refractivity contribution in [1.29, 1.82) is 5.26 Å². The summed E-state index contributed by atoms with van der Waals surface area (Å²) in [5.41, 5.74) is 0.939. The number of carbonyl (C=O) groups excluding carboxylic acids is 1. The van der Waals surface area contributed by atoms with Crippen LogP contribution in [0.2, 0.25) is 0 Å². The third-order valence-electron chi connectivity index (χ3n) is 1.97. The quantitative estimate of drug-likeness (QED) is 0.655. The van der Waals surface area contributed by atoms with E-state index < -0.39 is 12.1 Å². The molecule has 4 heteroatoms. The smallest absolute Gasteiger partial charge is 0.337 e. The Labute approximate surface area is 82.1 Å². The van der Waals surface area contributed by atoms with Gasteiger partial charge in [-0.15, -0.1) is 0 Å². The number of ether oxygens (including phenoxy) is 1. The third kappa shape index (κ3) is 2.21. The first kappa shape index (κ1) is 10.5. The maximum Gasteiger partial charge on any atom is 0.337 e. The minimum absolute atomic E-state index is 0.253. The van der Waals surface area contributed by atoms with Gasteiger partial charge in [0.1, 0.15) is 6.07 Å². The molecule has 0 saturated heterocycles. The molecule has 1 N–H and O–H groups in total. The Hall–Kier alpha value is -1.60. The molecular formula is C10H11NO3. The van der Waals surface area contributed by atoms with Crippen LogP contribution in [-0.2, 0) is 9.53 Å². The second-order valence-electron chi connectivity index (χ2n) is 2.98. The summed E-state index contributed by atoms with van der Waals surface area (Å²) in [5, 5.41) is 17.7. The number of nitriles is 1. The summed E-state index contributed by atoms with van der Waals surface area (Å²) in [6, 6.07) is 1.70. The van der Waals surface area contributed by atoms with Crippen LogP contribution in [0.15, 0.2) is 23.3 Å². The second kappa shape index (κ2) is 4.58. The van der Waals surface area contributed by atoms with Gasteiger partial charge in [-0.2, -0.15) is 5.26 Å². The fourth-order valence-corrected chi connectivity index (χ4v) is 1.32. The third-order valence-corrected chi connectivity index (χ3v) is 1.97. The minimum Gasteiger partial charge on any atom is -0.447 e. The molecule has 1 atom stereocenters. The molecule has 0 radical (unpaired) electrons. The average Bonchev–Trinajstić information content (AvgIpc) is 2.14. The van der Waals surface area contributed by atoms with Crippen molar-refractivity contribution in [3.8, 4) is 6.07 Å². The molecule has 0 aromatic carbocycles. The summed E-state index contributed by atoms with van der Waals surface area (Å²) < 4.78 is 4.62. The Morgan fingerprint density at radius 1 is 1.86 bits per heavy atom. The van der Waals surface area contributed by atoms with Crippen LogP contribution in [-0.4, -0.2) is 23.8 Å². The fraction of sp³-hybridized carbons (Fsp3) is 0.400. The zero-order chi connectivity index (χ0) is 10.6. The molecular weight excluding hydrogens is 182 g/mol. The molecule has 0 aromatic heterocycles. The maximum absolute atomic E-state index is 11.4. The average molecular weight is 193 g/mol. The van der Waals surface area contributed by atoms with E-state index >= 15 is 0 Å². The van der Waals surface area contributed by atoms with Crippen molar-refractivity contribution in [1.82, 2.24) is 0 Å². The Morgan fingerprint density at radius 3 is 3.14 bits per heavy atom. The Morgan fingerprint density at radius 2 is 2.57 bits per heavy atom. The number of allylic oxidation sites excluding steroid dienone is 2. The van der Waals surface area contributed by atoms with E-state index in [9.17, 15) is 9.90 Å². The van der Waals surface area contributed by atoms with Crippen LogP contribution in [0.5, 0.6) is 0 Å². The summed E-state index contributed by atoms with van der Waals surface area (Å²) in [4.78, 5) is 11.4. The van der Waals surface area contributed by atoms with Gasteiger partial charge in [0.05, 0.1) is 11.7 Å². The molecule has 14 heavy (non-hydrogen) atoms. The number of aliphatic hydroxyl groups excluding tert-OH is 1. The zero-order valence-electron chi connectivity index (χ0n) is 7.86. The van der Waals surface area contributed by atoms with Crippen molar-refractivity contribution in [3.05, 3.63) is 23.3 Å². The van der Waals surface area contributed by atoms with Crippen LogP contribution >= 0.6 is 0 Å². The van der Waals surface area contributed by atoms with Crippen LogP contribution in [0, 0.1) is 11.3 Å². The SMILES string of the molecule is CC1=C(C(=O)OCC#N)C(O)CC=C1. The molecule has 1 unspecified atom stereocenters. The van der Waals surface area contributed by atoms with Gasteiger partial charge in [0.25, 0.3) is 0 Å². The van der Waals surface area contributed by atoms with Crippen LogP contribution < -0.4 is 0 Å². The van der Waals surface area contributed by atoms with Crippen LogP contribution in [0.3, 0.4) is 0 Å². The molecule has 0 saturated carbocycles. The largest absolute Gasteiger partial charge is 0.447 e. The summed E-state index contributed by atoms with van der Waals surface area (Å²) in [6.45, 7) is 1.44. The van der Waals surface area contributed by atoms with Gasteiger partial charge in [-0.1, -0.05) is 12.2 Å². The lowest BCUT2D eigenvalue weighted by Crippen LogP contribution is -2.23. The van der Waals surface area contributed by atoms with E-state index in [2.05, 4.69) is 4.74 Å². The topological polar surface area (TPSA) is 70.3 Å². The number of esters is 1. The Balaban J connectivity index is 2.79. The van der Waals surface area contributed by atoms with Crippen LogP contribution in [0.4, 0.5) is 0 Å². The van der Waals surface area contributed by atoms with Crippen LogP contribution in [0.25, 0.3) is 0 Å². The standard InChI is InChI=1S/C10H11NO3/c1-7-3-2-4-8(12)9(7)10(13)14-6-5-11/h2-3,8,12H,4,6H2,1H3. The second-order valence-corrected chi connectivity index (χ2v) is 2.98. The van der Waals surface area contributed by atoms with E-state index in [0.29, 0.717) is 12.0 Å². The van der Waals surface area contributed by atoms with E-state index in [1.807, 2.05) is 0 Å². The molecule has 0 fully saturated rings. The summed E-state index contributed by atoms with van der Waals surface area (Å²) in [5.74, 6) is -0.610. The van der Waals surface area contributed by atoms with Gasteiger partial charge in [0.15, 0.2) is 6.61 Å². The van der Waals surface area contributed by atoms with Crippen molar-refractivity contribution in [2.75, 3.05) is 6.61 Å². The molecule has 0 aromatic rings. The highest BCUT2D eigenvalue weighted by atomic mass is 16.5. The van der Waals surface area contributed by atoms with Crippen molar-refractivity contribution in [2.24, 2.45) is 0 Å². The highest BCUT2D eigenvalue weighted by Crippen LogP contribution is 2.20. The number of hydrogen-bond donors (Lipinski definition) is 1. The number of carbonyl (C=O) groups is 1. The monoisotopic (exact) mass is 193 g/mol. The van der Waals surface area contributed by atoms with Crippen LogP contribution in [0.1, 0.15) is 13.3 Å². The predicted molar refractivity (Wildman–Crippen MR) is 49.0 cm³/mol. The molecule has 74 valence electrons. The molecule has 4 nitrogen and oxygen atoms in total. The van der Waals surface area contributed by atoms with E-state index in [1.165, 1.54) is 0 Å². The van der Waals surface area contributed by atoms with Gasteiger partial charge in [0.2, 0.25) is 0 Å². The normalized spacial score (nSPS) is 20.5. The van der Waals surface area contributed by atoms with E-state index in [0.717, 1.165) is 0 Å². The molecule has 0 aliphatic heterocycles. The fourth-order valence-electron chi connectivity index (χ4n) is 1.32. The highest BCUT2D eigenvalue weighted by Gasteiger charge is 2.23. The number of rotatable bonds is 2. The molecule has 0 spiro atoms. The van der Waals surface area contributed by atoms with Crippen molar-refractivity contribution in [2.45, 2.75) is 19.4 Å². The molecule has 1 aliphatic carbocycles. The van der Waals surface area contributed by atoms with Crippen molar-refractivity contribution < 1.29 is 14.6 Å². The predicted octanol–water partition coefficient (Wildman–Crippen LogP) is 0.690. The summed E-state index contributed by atoms with van der Waals surface area (Å²) in [7, 11) is 0. The number of nitrogens with zero attached hydrogens (tertiary/aromatic N) is 1. The lowest BCUT2D eigenvalue weighted by molar-refractivity contribution is -0.138. The molecule has 0 heterocycles. The number of hydrogen-bond acceptors (Lipinski definition) is 4. The molecule has 1 aliphatic rings. The van der Waals surface area contributed by atoms with Gasteiger partial charge in [0, 0.05) is 0 Å². The lowest BCUT2D eigenvalue weighted by Gasteiger charge is -2.17. The van der Waals surface area contributed by atoms with Crippen molar-refractivity contribution >= 4 is 5.97 Å². The first-order valence-electron chi connectivity index (χ1n) is 4.26. The zero-order valence-corrected chi connectivity index (χ0v) is 7.86. The van der Waals surface area contributed by atoms with Gasteiger partial charge in [-0.05, 0) is 18.9 Å². The first-order chi connectivity index (χ1) is 6.66. The van der Waals surface area contributed by atoms with E-state index in [-0.39, 0.29) is 12.2 Å². The molecule has 0 amide bonds. The van der Waals surface area contributed by atoms with E-state index in [4.69, 9.17) is 5.26 Å². The molecule has 0 bridgehead atoms. The molecule has 1 rings (SSSR count). The minimum atomic E-state index is -0.814. The Bertz CT molecular complexity index is 336. The summed E-state index contributed by atoms with van der Waals surface area (Å²) >= 11 is 0. The van der Waals surface area contributed by atoms with Crippen molar-refractivity contribution in [3.63, 3.8) is 0 Å². The van der Waals surface area contributed by atoms with E-state index in [1.54, 1.807) is 25.1 Å². The lowest BCUT2D eigenvalue weighted by atomic mass is 9.96. The van der Waals surface area contributed by atoms with Gasteiger partial charge >= 0.3 is 5.97 Å². The van der Waals surface area contributed by atoms with Gasteiger partial charge in [-0.3, -0.25) is 0 Å². The maximum atomic E-state index is 11.4.